The molecule has 180 valence electrons. The fourth-order valence-electron chi connectivity index (χ4n) is 3.82. The normalized spacial score (nSPS) is 11.1. The second kappa shape index (κ2) is 10.6. The van der Waals surface area contributed by atoms with Gasteiger partial charge in [-0.15, -0.1) is 0 Å². The Morgan fingerprint density at radius 2 is 1.86 bits per heavy atom. The van der Waals surface area contributed by atoms with Crippen molar-refractivity contribution in [2.45, 2.75) is 12.8 Å². The molecule has 0 fully saturated rings. The molecular formula is C26H27ClN5O3+. The van der Waals surface area contributed by atoms with Crippen molar-refractivity contribution in [1.29, 1.82) is 0 Å². The summed E-state index contributed by atoms with van der Waals surface area (Å²) in [7, 11) is 4.06. The molecule has 1 heterocycles. The minimum atomic E-state index is -1.08. The third-order valence-electron chi connectivity index (χ3n) is 5.53. The molecule has 5 N–H and O–H groups in total. The number of hydrogen-bond acceptors (Lipinski definition) is 4. The van der Waals surface area contributed by atoms with Crippen LogP contribution in [0.2, 0.25) is 5.02 Å². The van der Waals surface area contributed by atoms with Crippen LogP contribution in [0.3, 0.4) is 0 Å². The second-order valence-corrected chi connectivity index (χ2v) is 9.06. The number of halogens is 1. The summed E-state index contributed by atoms with van der Waals surface area (Å²) in [6.45, 7) is 0.875. The Morgan fingerprint density at radius 1 is 1.06 bits per heavy atom. The molecule has 1 aromatic heterocycles. The van der Waals surface area contributed by atoms with Crippen molar-refractivity contribution in [2.75, 3.05) is 31.3 Å². The summed E-state index contributed by atoms with van der Waals surface area (Å²) >= 11 is 6.25. The smallest absolute Gasteiger partial charge is 0.335 e. The Kier molecular flexibility index (Phi) is 7.33. The molecule has 35 heavy (non-hydrogen) atoms. The minimum Gasteiger partial charge on any atom is -0.478 e. The maximum absolute atomic E-state index is 12.4. The van der Waals surface area contributed by atoms with E-state index in [1.807, 2.05) is 56.6 Å². The zero-order chi connectivity index (χ0) is 24.9. The molecule has 0 atom stereocenters. The lowest BCUT2D eigenvalue weighted by Gasteiger charge is -2.10. The van der Waals surface area contributed by atoms with Crippen LogP contribution in [0, 0.1) is 0 Å². The molecule has 0 radical (unpaired) electrons. The average Bonchev–Trinajstić information content (AvgIpc) is 3.23. The van der Waals surface area contributed by atoms with Crippen molar-refractivity contribution in [3.8, 4) is 11.3 Å². The van der Waals surface area contributed by atoms with E-state index < -0.39 is 5.97 Å². The molecule has 1 amide bonds. The maximum Gasteiger partial charge on any atom is 0.335 e. The van der Waals surface area contributed by atoms with Gasteiger partial charge < -0.3 is 20.6 Å². The molecule has 0 aliphatic rings. The highest BCUT2D eigenvalue weighted by molar-refractivity contribution is 6.33. The fourth-order valence-corrected chi connectivity index (χ4v) is 4.00. The van der Waals surface area contributed by atoms with E-state index in [4.69, 9.17) is 11.6 Å². The number of benzene rings is 3. The van der Waals surface area contributed by atoms with Crippen LogP contribution in [0.5, 0.6) is 0 Å². The molecule has 0 aliphatic carbocycles. The van der Waals surface area contributed by atoms with Gasteiger partial charge in [0.05, 0.1) is 48.1 Å². The quantitative estimate of drug-likeness (QED) is 0.240. The highest BCUT2D eigenvalue weighted by atomic mass is 35.5. The van der Waals surface area contributed by atoms with Crippen molar-refractivity contribution < 1.29 is 19.6 Å². The summed E-state index contributed by atoms with van der Waals surface area (Å²) in [5.74, 6) is -1.23. The number of aromatic carboxylic acids is 1. The number of hydrogen-bond donors (Lipinski definition) is 5. The van der Waals surface area contributed by atoms with Crippen LogP contribution in [0.25, 0.3) is 22.2 Å². The minimum absolute atomic E-state index is 0.0729. The van der Waals surface area contributed by atoms with E-state index in [-0.39, 0.29) is 11.5 Å². The van der Waals surface area contributed by atoms with Crippen molar-refractivity contribution in [2.24, 2.45) is 0 Å². The van der Waals surface area contributed by atoms with Crippen molar-refractivity contribution in [3.05, 3.63) is 71.2 Å². The lowest BCUT2D eigenvalue weighted by molar-refractivity contribution is -0.858. The van der Waals surface area contributed by atoms with E-state index in [9.17, 15) is 14.7 Å². The highest BCUT2D eigenvalue weighted by Crippen LogP contribution is 2.32. The first-order chi connectivity index (χ1) is 16.8. The second-order valence-electron chi connectivity index (χ2n) is 8.65. The number of aromatic nitrogens is 2. The van der Waals surface area contributed by atoms with Crippen LogP contribution in [0.4, 0.5) is 17.1 Å². The van der Waals surface area contributed by atoms with Gasteiger partial charge in [0.1, 0.15) is 0 Å². The number of H-pyrrole nitrogens is 1. The molecule has 4 aromatic rings. The Bertz CT molecular complexity index is 1380. The van der Waals surface area contributed by atoms with Crippen LogP contribution < -0.4 is 15.5 Å². The van der Waals surface area contributed by atoms with Gasteiger partial charge in [-0.1, -0.05) is 23.7 Å². The predicted octanol–water partition coefficient (Wildman–Crippen LogP) is 4.19. The summed E-state index contributed by atoms with van der Waals surface area (Å²) in [6.07, 6.45) is 1.11. The number of carbonyl (C=O) groups is 2. The van der Waals surface area contributed by atoms with Crippen LogP contribution in [-0.2, 0) is 4.79 Å². The lowest BCUT2D eigenvalue weighted by Crippen LogP contribution is -3.05. The van der Waals surface area contributed by atoms with E-state index >= 15 is 0 Å². The first-order valence-electron chi connectivity index (χ1n) is 11.3. The van der Waals surface area contributed by atoms with Crippen molar-refractivity contribution in [3.63, 3.8) is 0 Å². The van der Waals surface area contributed by atoms with Gasteiger partial charge >= 0.3 is 5.97 Å². The summed E-state index contributed by atoms with van der Waals surface area (Å²) in [6, 6.07) is 17.9. The van der Waals surface area contributed by atoms with Crippen LogP contribution in [-0.4, -0.2) is 47.8 Å². The Balaban J connectivity index is 1.61. The van der Waals surface area contributed by atoms with E-state index in [0.717, 1.165) is 35.2 Å². The molecule has 4 rings (SSSR count). The lowest BCUT2D eigenvalue weighted by atomic mass is 10.0. The molecule has 0 saturated heterocycles. The summed E-state index contributed by atoms with van der Waals surface area (Å²) in [5.41, 5.74) is 4.07. The first-order valence-corrected chi connectivity index (χ1v) is 11.7. The summed E-state index contributed by atoms with van der Waals surface area (Å²) in [5, 5.41) is 24.6. The Morgan fingerprint density at radius 3 is 2.60 bits per heavy atom. The van der Waals surface area contributed by atoms with E-state index in [0.29, 0.717) is 28.4 Å². The standard InChI is InChI=1S/C26H26ClN5O3/c1-32(2)11-5-8-24(33)29-19-13-16(12-17(14-19)26(34)35)25-20-10-9-18(15-23(20)30-31-25)28-22-7-4-3-6-21(22)27/h3-4,6-7,9-10,12-15,28H,5,8,11H2,1-2H3,(H,29,33)(H,30,31)(H,34,35)/p+1. The molecule has 0 aliphatic heterocycles. The van der Waals surface area contributed by atoms with Gasteiger partial charge in [0, 0.05) is 35.2 Å². The number of quaternary nitrogens is 1. The number of amides is 1. The predicted molar refractivity (Wildman–Crippen MR) is 139 cm³/mol. The van der Waals surface area contributed by atoms with E-state index in [1.165, 1.54) is 11.0 Å². The zero-order valence-electron chi connectivity index (χ0n) is 19.5. The molecule has 0 saturated carbocycles. The van der Waals surface area contributed by atoms with Crippen LogP contribution in [0.1, 0.15) is 23.2 Å². The zero-order valence-corrected chi connectivity index (χ0v) is 20.2. The monoisotopic (exact) mass is 492 g/mol. The largest absolute Gasteiger partial charge is 0.478 e. The summed E-state index contributed by atoms with van der Waals surface area (Å²) < 4.78 is 0. The van der Waals surface area contributed by atoms with Gasteiger partial charge in [0.15, 0.2) is 0 Å². The number of carbonyl (C=O) groups excluding carboxylic acids is 1. The summed E-state index contributed by atoms with van der Waals surface area (Å²) in [4.78, 5) is 25.4. The molecule has 0 bridgehead atoms. The third kappa shape index (κ3) is 5.98. The van der Waals surface area contributed by atoms with Gasteiger partial charge in [0.25, 0.3) is 0 Å². The van der Waals surface area contributed by atoms with Gasteiger partial charge in [-0.2, -0.15) is 5.10 Å². The third-order valence-corrected chi connectivity index (χ3v) is 5.86. The molecule has 0 unspecified atom stereocenters. The number of rotatable bonds is 9. The average molecular weight is 493 g/mol. The maximum atomic E-state index is 12.4. The molecule has 3 aromatic carbocycles. The Labute approximate surface area is 207 Å². The molecular weight excluding hydrogens is 466 g/mol. The SMILES string of the molecule is C[NH+](C)CCCC(=O)Nc1cc(C(=O)O)cc(-c2n[nH]c3cc(Nc4ccccc4Cl)ccc23)c1. The van der Waals surface area contributed by atoms with Crippen LogP contribution >= 0.6 is 11.6 Å². The van der Waals surface area contributed by atoms with Gasteiger partial charge in [-0.05, 0) is 48.5 Å². The Hall–Kier alpha value is -3.88. The number of anilines is 3. The molecule has 0 spiro atoms. The van der Waals surface area contributed by atoms with Gasteiger partial charge in [0.2, 0.25) is 5.91 Å². The van der Waals surface area contributed by atoms with E-state index in [1.54, 1.807) is 12.1 Å². The van der Waals surface area contributed by atoms with Crippen LogP contribution in [0.15, 0.2) is 60.7 Å². The number of fused-ring (bicyclic) bond motifs is 1. The fraction of sp³-hybridized carbons (Fsp3) is 0.192. The molecule has 8 nitrogen and oxygen atoms in total. The number of carboxylic acids is 1. The van der Waals surface area contributed by atoms with Crippen molar-refractivity contribution in [1.82, 2.24) is 10.2 Å². The van der Waals surface area contributed by atoms with Gasteiger partial charge in [-0.25, -0.2) is 4.79 Å². The number of para-hydroxylation sites is 1. The van der Waals surface area contributed by atoms with Gasteiger partial charge in [-0.3, -0.25) is 9.89 Å². The number of nitrogens with one attached hydrogen (secondary N) is 4. The first kappa shape index (κ1) is 24.3. The van der Waals surface area contributed by atoms with E-state index in [2.05, 4.69) is 20.8 Å². The molecule has 9 heteroatoms. The number of aromatic amines is 1. The van der Waals surface area contributed by atoms with Crippen molar-refractivity contribution >= 4 is 51.4 Å². The number of nitrogens with zero attached hydrogens (tertiary/aromatic N) is 1. The highest BCUT2D eigenvalue weighted by Gasteiger charge is 2.15. The number of carboxylic acid groups (broad SMARTS) is 1. The topological polar surface area (TPSA) is 112 Å².